The summed E-state index contributed by atoms with van der Waals surface area (Å²) in [4.78, 5) is 22.6. The van der Waals surface area contributed by atoms with Gasteiger partial charge in [0.1, 0.15) is 0 Å². The molecule has 92 valence electrons. The Kier molecular flexibility index (Phi) is 2.70. The van der Waals surface area contributed by atoms with Crippen molar-refractivity contribution < 1.29 is 0 Å². The first kappa shape index (κ1) is 11.1. The number of nitrogens with one attached hydrogen (secondary N) is 1. The van der Waals surface area contributed by atoms with Gasteiger partial charge in [-0.3, -0.25) is 4.98 Å². The summed E-state index contributed by atoms with van der Waals surface area (Å²) in [5.74, 6) is 0.200. The number of fused-ring (bicyclic) bond motifs is 1. The molecule has 18 heavy (non-hydrogen) atoms. The van der Waals surface area contributed by atoms with Gasteiger partial charge in [-0.2, -0.15) is 0 Å². The van der Waals surface area contributed by atoms with Gasteiger partial charge in [0.2, 0.25) is 0 Å². The van der Waals surface area contributed by atoms with E-state index in [0.717, 1.165) is 36.2 Å². The van der Waals surface area contributed by atoms with Crippen LogP contribution in [-0.2, 0) is 6.42 Å². The number of pyridine rings is 1. The van der Waals surface area contributed by atoms with Gasteiger partial charge >= 0.3 is 5.69 Å². The highest BCUT2D eigenvalue weighted by atomic mass is 16.1. The maximum Gasteiger partial charge on any atom is 0.345 e. The van der Waals surface area contributed by atoms with Crippen molar-refractivity contribution in [1.29, 1.82) is 0 Å². The Morgan fingerprint density at radius 3 is 3.17 bits per heavy atom. The van der Waals surface area contributed by atoms with Crippen LogP contribution in [0.2, 0.25) is 0 Å². The number of nitrogens with zero attached hydrogens (tertiary/aromatic N) is 2. The second kappa shape index (κ2) is 4.37. The normalized spacial score (nSPS) is 18.4. The average Bonchev–Trinajstić information content (AvgIpc) is 2.41. The summed E-state index contributed by atoms with van der Waals surface area (Å²) in [7, 11) is 0. The topological polar surface area (TPSA) is 58.6 Å². The second-order valence-corrected chi connectivity index (χ2v) is 4.78. The lowest BCUT2D eigenvalue weighted by atomic mass is 9.83. The molecule has 2 aromatic rings. The van der Waals surface area contributed by atoms with Crippen LogP contribution in [-0.4, -0.2) is 15.0 Å². The third-order valence-electron chi connectivity index (χ3n) is 3.59. The van der Waals surface area contributed by atoms with Gasteiger partial charge in [-0.25, -0.2) is 9.78 Å². The first-order valence-corrected chi connectivity index (χ1v) is 6.25. The number of aryl methyl sites for hydroxylation is 2. The van der Waals surface area contributed by atoms with E-state index in [0.29, 0.717) is 0 Å². The SMILES string of the molecule is Cc1cnc(=O)[nH]c1C1CCCc2cccnc21. The molecular formula is C14H15N3O. The van der Waals surface area contributed by atoms with Crippen molar-refractivity contribution in [3.8, 4) is 0 Å². The molecule has 4 nitrogen and oxygen atoms in total. The Bertz CT molecular complexity index is 633. The van der Waals surface area contributed by atoms with Crippen LogP contribution in [0, 0.1) is 6.92 Å². The lowest BCUT2D eigenvalue weighted by Crippen LogP contribution is -2.20. The van der Waals surface area contributed by atoms with Crippen LogP contribution in [0.1, 0.15) is 41.3 Å². The molecule has 0 aliphatic heterocycles. The molecule has 0 saturated heterocycles. The third-order valence-corrected chi connectivity index (χ3v) is 3.59. The molecule has 0 aromatic carbocycles. The minimum Gasteiger partial charge on any atom is -0.309 e. The van der Waals surface area contributed by atoms with E-state index in [1.54, 1.807) is 6.20 Å². The Morgan fingerprint density at radius 1 is 1.39 bits per heavy atom. The molecule has 0 spiro atoms. The van der Waals surface area contributed by atoms with Crippen LogP contribution in [0.3, 0.4) is 0 Å². The highest BCUT2D eigenvalue weighted by Crippen LogP contribution is 2.34. The van der Waals surface area contributed by atoms with Crippen molar-refractivity contribution in [3.05, 3.63) is 57.5 Å². The molecule has 1 atom stereocenters. The van der Waals surface area contributed by atoms with E-state index in [9.17, 15) is 4.79 Å². The quantitative estimate of drug-likeness (QED) is 0.830. The smallest absolute Gasteiger partial charge is 0.309 e. The van der Waals surface area contributed by atoms with E-state index in [-0.39, 0.29) is 11.6 Å². The molecule has 1 aliphatic carbocycles. The van der Waals surface area contributed by atoms with Crippen molar-refractivity contribution in [3.63, 3.8) is 0 Å². The first-order chi connectivity index (χ1) is 8.75. The number of hydrogen-bond donors (Lipinski definition) is 1. The molecule has 0 saturated carbocycles. The zero-order valence-electron chi connectivity index (χ0n) is 10.3. The van der Waals surface area contributed by atoms with Gasteiger partial charge in [0.05, 0.1) is 5.69 Å². The molecule has 0 bridgehead atoms. The first-order valence-electron chi connectivity index (χ1n) is 6.25. The molecule has 2 aromatic heterocycles. The van der Waals surface area contributed by atoms with E-state index in [1.807, 2.05) is 19.2 Å². The van der Waals surface area contributed by atoms with Crippen LogP contribution in [0.25, 0.3) is 0 Å². The summed E-state index contributed by atoms with van der Waals surface area (Å²) in [6, 6.07) is 4.10. The lowest BCUT2D eigenvalue weighted by molar-refractivity contribution is 0.582. The number of aromatic nitrogens is 3. The van der Waals surface area contributed by atoms with Crippen molar-refractivity contribution >= 4 is 0 Å². The molecule has 0 radical (unpaired) electrons. The van der Waals surface area contributed by atoms with Gasteiger partial charge in [0.15, 0.2) is 0 Å². The highest BCUT2D eigenvalue weighted by Gasteiger charge is 2.24. The number of aromatic amines is 1. The Morgan fingerprint density at radius 2 is 2.28 bits per heavy atom. The Labute approximate surface area is 105 Å². The number of rotatable bonds is 1. The predicted molar refractivity (Wildman–Crippen MR) is 68.6 cm³/mol. The predicted octanol–water partition coefficient (Wildman–Crippen LogP) is 1.94. The monoisotopic (exact) mass is 241 g/mol. The lowest BCUT2D eigenvalue weighted by Gasteiger charge is -2.25. The van der Waals surface area contributed by atoms with E-state index < -0.39 is 0 Å². The van der Waals surface area contributed by atoms with E-state index in [2.05, 4.69) is 21.0 Å². The number of hydrogen-bond acceptors (Lipinski definition) is 3. The van der Waals surface area contributed by atoms with E-state index in [1.165, 1.54) is 5.56 Å². The largest absolute Gasteiger partial charge is 0.345 e. The van der Waals surface area contributed by atoms with Crippen molar-refractivity contribution in [2.75, 3.05) is 0 Å². The molecule has 1 unspecified atom stereocenters. The van der Waals surface area contributed by atoms with Gasteiger partial charge in [0.25, 0.3) is 0 Å². The molecule has 4 heteroatoms. The minimum atomic E-state index is -0.279. The van der Waals surface area contributed by atoms with Gasteiger partial charge in [-0.1, -0.05) is 6.07 Å². The van der Waals surface area contributed by atoms with Gasteiger partial charge in [0, 0.05) is 24.0 Å². The highest BCUT2D eigenvalue weighted by molar-refractivity contribution is 5.34. The summed E-state index contributed by atoms with van der Waals surface area (Å²) in [5, 5.41) is 0. The van der Waals surface area contributed by atoms with Crippen molar-refractivity contribution in [2.45, 2.75) is 32.1 Å². The summed E-state index contributed by atoms with van der Waals surface area (Å²) in [6.07, 6.45) is 6.71. The van der Waals surface area contributed by atoms with Crippen LogP contribution >= 0.6 is 0 Å². The summed E-state index contributed by atoms with van der Waals surface area (Å²) >= 11 is 0. The summed E-state index contributed by atoms with van der Waals surface area (Å²) in [6.45, 7) is 1.98. The molecule has 0 amide bonds. The zero-order valence-corrected chi connectivity index (χ0v) is 10.3. The van der Waals surface area contributed by atoms with Crippen LogP contribution in [0.4, 0.5) is 0 Å². The Hall–Kier alpha value is -1.97. The zero-order chi connectivity index (χ0) is 12.5. The third kappa shape index (κ3) is 1.83. The fourth-order valence-electron chi connectivity index (χ4n) is 2.72. The van der Waals surface area contributed by atoms with Crippen LogP contribution in [0.15, 0.2) is 29.3 Å². The van der Waals surface area contributed by atoms with Gasteiger partial charge in [-0.05, 0) is 43.4 Å². The Balaban J connectivity index is 2.14. The van der Waals surface area contributed by atoms with Crippen LogP contribution < -0.4 is 5.69 Å². The molecule has 2 heterocycles. The standard InChI is InChI=1S/C14H15N3O/c1-9-8-16-14(18)17-12(9)11-6-2-4-10-5-3-7-15-13(10)11/h3,5,7-8,11H,2,4,6H2,1H3,(H,16,17,18). The van der Waals surface area contributed by atoms with Gasteiger partial charge in [-0.15, -0.1) is 0 Å². The van der Waals surface area contributed by atoms with E-state index in [4.69, 9.17) is 0 Å². The minimum absolute atomic E-state index is 0.200. The summed E-state index contributed by atoms with van der Waals surface area (Å²) < 4.78 is 0. The fourth-order valence-corrected chi connectivity index (χ4v) is 2.72. The van der Waals surface area contributed by atoms with Gasteiger partial charge < -0.3 is 4.98 Å². The molecular weight excluding hydrogens is 226 g/mol. The van der Waals surface area contributed by atoms with E-state index >= 15 is 0 Å². The molecule has 0 fully saturated rings. The maximum absolute atomic E-state index is 11.4. The summed E-state index contributed by atoms with van der Waals surface area (Å²) in [5.41, 5.74) is 4.12. The molecule has 3 rings (SSSR count). The molecule has 1 aliphatic rings. The second-order valence-electron chi connectivity index (χ2n) is 4.78. The number of H-pyrrole nitrogens is 1. The van der Waals surface area contributed by atoms with Crippen LogP contribution in [0.5, 0.6) is 0 Å². The van der Waals surface area contributed by atoms with Crippen molar-refractivity contribution in [1.82, 2.24) is 15.0 Å². The molecule has 1 N–H and O–H groups in total. The average molecular weight is 241 g/mol. The maximum atomic E-state index is 11.4. The van der Waals surface area contributed by atoms with Crippen molar-refractivity contribution in [2.24, 2.45) is 0 Å². The fraction of sp³-hybridized carbons (Fsp3) is 0.357.